The Morgan fingerprint density at radius 1 is 1.19 bits per heavy atom. The highest BCUT2D eigenvalue weighted by atomic mass is 32.2. The van der Waals surface area contributed by atoms with Gasteiger partial charge in [0.15, 0.2) is 5.82 Å². The van der Waals surface area contributed by atoms with Gasteiger partial charge in [0.25, 0.3) is 0 Å². The third kappa shape index (κ3) is 2.86. The molecule has 3 heterocycles. The minimum Gasteiger partial charge on any atom is -0.353 e. The van der Waals surface area contributed by atoms with Crippen LogP contribution in [0, 0.1) is 6.92 Å². The van der Waals surface area contributed by atoms with Crippen molar-refractivity contribution in [3.05, 3.63) is 24.2 Å². The van der Waals surface area contributed by atoms with Gasteiger partial charge in [0.1, 0.15) is 5.52 Å². The van der Waals surface area contributed by atoms with E-state index in [-0.39, 0.29) is 0 Å². The largest absolute Gasteiger partial charge is 0.353 e. The summed E-state index contributed by atoms with van der Waals surface area (Å²) in [5.74, 6) is 0.869. The predicted molar refractivity (Wildman–Crippen MR) is 81.0 cm³/mol. The van der Waals surface area contributed by atoms with E-state index in [1.807, 2.05) is 23.7 Å². The molecule has 8 heteroatoms. The van der Waals surface area contributed by atoms with Crippen LogP contribution in [0.4, 0.5) is 5.82 Å². The van der Waals surface area contributed by atoms with Crippen LogP contribution in [-0.4, -0.2) is 59.8 Å². The first-order valence-electron chi connectivity index (χ1n) is 6.96. The first-order chi connectivity index (χ1) is 9.95. The van der Waals surface area contributed by atoms with Crippen LogP contribution in [0.3, 0.4) is 0 Å². The van der Waals surface area contributed by atoms with Gasteiger partial charge in [-0.25, -0.2) is 22.2 Å². The average molecular weight is 309 g/mol. The lowest BCUT2D eigenvalue weighted by Gasteiger charge is -2.22. The zero-order chi connectivity index (χ0) is 15.0. The molecule has 1 saturated heterocycles. The Hall–Kier alpha value is -1.67. The minimum absolute atomic E-state index is 0.495. The lowest BCUT2D eigenvalue weighted by Crippen LogP contribution is -2.34. The van der Waals surface area contributed by atoms with Crippen molar-refractivity contribution < 1.29 is 8.42 Å². The van der Waals surface area contributed by atoms with Crippen LogP contribution in [0.15, 0.2) is 18.5 Å². The standard InChI is InChI=1S/C13H19N5O2S/c1-11-10-12-13(14-4-7-18(12)15-11)16-5-3-6-17(9-8-16)21(2,19)20/h4,7,10H,3,5-6,8-9H2,1-2H3. The molecular weight excluding hydrogens is 290 g/mol. The molecule has 1 aliphatic rings. The Kier molecular flexibility index (Phi) is 3.58. The van der Waals surface area contributed by atoms with Crippen molar-refractivity contribution in [1.29, 1.82) is 0 Å². The smallest absolute Gasteiger partial charge is 0.211 e. The lowest BCUT2D eigenvalue weighted by molar-refractivity contribution is 0.437. The molecule has 0 saturated carbocycles. The molecule has 0 spiro atoms. The van der Waals surface area contributed by atoms with Gasteiger partial charge in [-0.3, -0.25) is 0 Å². The summed E-state index contributed by atoms with van der Waals surface area (Å²) in [7, 11) is -3.12. The third-order valence-corrected chi connectivity index (χ3v) is 5.02. The maximum absolute atomic E-state index is 11.7. The highest BCUT2D eigenvalue weighted by molar-refractivity contribution is 7.88. The van der Waals surface area contributed by atoms with Gasteiger partial charge in [-0.05, 0) is 19.4 Å². The van der Waals surface area contributed by atoms with Crippen molar-refractivity contribution in [3.8, 4) is 0 Å². The van der Waals surface area contributed by atoms with Gasteiger partial charge >= 0.3 is 0 Å². The molecule has 114 valence electrons. The SMILES string of the molecule is Cc1cc2c(N3CCCN(S(C)(=O)=O)CC3)nccn2n1. The first kappa shape index (κ1) is 14.3. The van der Waals surface area contributed by atoms with Crippen LogP contribution < -0.4 is 4.90 Å². The van der Waals surface area contributed by atoms with Crippen LogP contribution in [0.2, 0.25) is 0 Å². The van der Waals surface area contributed by atoms with Gasteiger partial charge in [0.2, 0.25) is 10.0 Å². The van der Waals surface area contributed by atoms with Crippen molar-refractivity contribution in [2.45, 2.75) is 13.3 Å². The van der Waals surface area contributed by atoms with Crippen molar-refractivity contribution in [2.24, 2.45) is 0 Å². The summed E-state index contributed by atoms with van der Waals surface area (Å²) in [5.41, 5.74) is 1.90. The van der Waals surface area contributed by atoms with Gasteiger partial charge in [0, 0.05) is 38.6 Å². The highest BCUT2D eigenvalue weighted by Gasteiger charge is 2.23. The van der Waals surface area contributed by atoms with Crippen LogP contribution in [0.25, 0.3) is 5.52 Å². The minimum atomic E-state index is -3.12. The normalized spacial score (nSPS) is 18.1. The number of aryl methyl sites for hydroxylation is 1. The highest BCUT2D eigenvalue weighted by Crippen LogP contribution is 2.21. The Balaban J connectivity index is 1.89. The van der Waals surface area contributed by atoms with Gasteiger partial charge in [0.05, 0.1) is 11.9 Å². The van der Waals surface area contributed by atoms with Gasteiger partial charge in [-0.1, -0.05) is 0 Å². The van der Waals surface area contributed by atoms with Crippen LogP contribution in [0.5, 0.6) is 0 Å². The average Bonchev–Trinajstić information content (AvgIpc) is 2.63. The molecule has 21 heavy (non-hydrogen) atoms. The zero-order valence-corrected chi connectivity index (χ0v) is 13.0. The number of hydrogen-bond donors (Lipinski definition) is 0. The molecule has 0 N–H and O–H groups in total. The summed E-state index contributed by atoms with van der Waals surface area (Å²) in [5, 5.41) is 4.39. The van der Waals surface area contributed by atoms with E-state index in [2.05, 4.69) is 15.0 Å². The van der Waals surface area contributed by atoms with E-state index in [1.54, 1.807) is 6.20 Å². The van der Waals surface area contributed by atoms with Crippen LogP contribution in [0.1, 0.15) is 12.1 Å². The molecule has 0 amide bonds. The fraction of sp³-hybridized carbons (Fsp3) is 0.538. The van der Waals surface area contributed by atoms with E-state index in [9.17, 15) is 8.42 Å². The van der Waals surface area contributed by atoms with Crippen LogP contribution in [-0.2, 0) is 10.0 Å². The van der Waals surface area contributed by atoms with Gasteiger partial charge in [-0.2, -0.15) is 5.10 Å². The molecule has 0 unspecified atom stereocenters. The molecule has 0 aliphatic carbocycles. The monoisotopic (exact) mass is 309 g/mol. The number of sulfonamides is 1. The maximum atomic E-state index is 11.7. The quantitative estimate of drug-likeness (QED) is 0.808. The van der Waals surface area contributed by atoms with Crippen molar-refractivity contribution >= 4 is 21.4 Å². The molecule has 1 fully saturated rings. The molecular formula is C13H19N5O2S. The summed E-state index contributed by atoms with van der Waals surface area (Å²) < 4.78 is 26.7. The topological polar surface area (TPSA) is 70.8 Å². The predicted octanol–water partition coefficient (Wildman–Crippen LogP) is 0.509. The summed E-state index contributed by atoms with van der Waals surface area (Å²) in [6.07, 6.45) is 5.62. The number of anilines is 1. The molecule has 3 rings (SSSR count). The summed E-state index contributed by atoms with van der Waals surface area (Å²) in [4.78, 5) is 6.61. The second kappa shape index (κ2) is 5.27. The molecule has 0 radical (unpaired) electrons. The molecule has 0 atom stereocenters. The van der Waals surface area contributed by atoms with Gasteiger partial charge < -0.3 is 4.90 Å². The number of rotatable bonds is 2. The molecule has 0 aromatic carbocycles. The first-order valence-corrected chi connectivity index (χ1v) is 8.81. The molecule has 7 nitrogen and oxygen atoms in total. The molecule has 1 aliphatic heterocycles. The lowest BCUT2D eigenvalue weighted by atomic mass is 10.3. The molecule has 2 aromatic heterocycles. The number of nitrogens with zero attached hydrogens (tertiary/aromatic N) is 5. The third-order valence-electron chi connectivity index (χ3n) is 3.72. The Labute approximate surface area is 124 Å². The maximum Gasteiger partial charge on any atom is 0.211 e. The van der Waals surface area contributed by atoms with Crippen molar-refractivity contribution in [3.63, 3.8) is 0 Å². The molecule has 0 bridgehead atoms. The van der Waals surface area contributed by atoms with E-state index in [1.165, 1.54) is 10.6 Å². The zero-order valence-electron chi connectivity index (χ0n) is 12.2. The number of fused-ring (bicyclic) bond motifs is 1. The Bertz CT molecular complexity index is 755. The van der Waals surface area contributed by atoms with Crippen molar-refractivity contribution in [2.75, 3.05) is 37.3 Å². The number of aromatic nitrogens is 3. The van der Waals surface area contributed by atoms with E-state index >= 15 is 0 Å². The van der Waals surface area contributed by atoms with E-state index in [0.717, 1.165) is 30.0 Å². The van der Waals surface area contributed by atoms with Crippen LogP contribution >= 0.6 is 0 Å². The van der Waals surface area contributed by atoms with Crippen molar-refractivity contribution in [1.82, 2.24) is 18.9 Å². The van der Waals surface area contributed by atoms with Gasteiger partial charge in [-0.15, -0.1) is 0 Å². The summed E-state index contributed by atoms with van der Waals surface area (Å²) in [6, 6.07) is 2.00. The van der Waals surface area contributed by atoms with E-state index in [4.69, 9.17) is 0 Å². The van der Waals surface area contributed by atoms with E-state index in [0.29, 0.717) is 19.6 Å². The fourth-order valence-electron chi connectivity index (χ4n) is 2.71. The molecule has 2 aromatic rings. The Morgan fingerprint density at radius 3 is 2.76 bits per heavy atom. The van der Waals surface area contributed by atoms with E-state index < -0.39 is 10.0 Å². The summed E-state index contributed by atoms with van der Waals surface area (Å²) in [6.45, 7) is 4.45. The fourth-order valence-corrected chi connectivity index (χ4v) is 3.59. The Morgan fingerprint density at radius 2 is 2.00 bits per heavy atom. The summed E-state index contributed by atoms with van der Waals surface area (Å²) >= 11 is 0. The number of hydrogen-bond acceptors (Lipinski definition) is 5. The second-order valence-corrected chi connectivity index (χ2v) is 7.35. The second-order valence-electron chi connectivity index (χ2n) is 5.37.